The van der Waals surface area contributed by atoms with Crippen molar-refractivity contribution in [2.24, 2.45) is 0 Å². The van der Waals surface area contributed by atoms with Gasteiger partial charge in [0.05, 0.1) is 7.11 Å². The molecule has 2 heterocycles. The van der Waals surface area contributed by atoms with Crippen LogP contribution in [0.5, 0.6) is 0 Å². The Labute approximate surface area is 132 Å². The lowest BCUT2D eigenvalue weighted by Crippen LogP contribution is -2.59. The first-order valence-electron chi connectivity index (χ1n) is 8.05. The summed E-state index contributed by atoms with van der Waals surface area (Å²) in [6.07, 6.45) is 4.14. The molecule has 2 aliphatic rings. The number of carbonyl (C=O) groups excluding carboxylic acids is 2. The number of hydrogen-bond donors (Lipinski definition) is 0. The monoisotopic (exact) mass is 312 g/mol. The molecule has 126 valence electrons. The van der Waals surface area contributed by atoms with Crippen molar-refractivity contribution in [1.82, 2.24) is 9.80 Å². The predicted molar refractivity (Wildman–Crippen MR) is 82.7 cm³/mol. The van der Waals surface area contributed by atoms with Crippen LogP contribution in [-0.4, -0.2) is 59.9 Å². The summed E-state index contributed by atoms with van der Waals surface area (Å²) in [6.45, 7) is 5.61. The predicted octanol–water partition coefficient (Wildman–Crippen LogP) is 3.01. The Kier molecular flexibility index (Phi) is 4.87. The van der Waals surface area contributed by atoms with Gasteiger partial charge in [-0.3, -0.25) is 0 Å². The number of carbonyl (C=O) groups is 2. The Morgan fingerprint density at radius 3 is 2.14 bits per heavy atom. The molecule has 0 saturated carbocycles. The minimum Gasteiger partial charge on any atom is -0.453 e. The van der Waals surface area contributed by atoms with Crippen LogP contribution in [0.3, 0.4) is 0 Å². The van der Waals surface area contributed by atoms with E-state index < -0.39 is 5.60 Å². The number of hydrogen-bond acceptors (Lipinski definition) is 4. The van der Waals surface area contributed by atoms with Crippen LogP contribution in [0, 0.1) is 0 Å². The van der Waals surface area contributed by atoms with Crippen LogP contribution in [0.2, 0.25) is 0 Å². The van der Waals surface area contributed by atoms with Gasteiger partial charge in [0.2, 0.25) is 0 Å². The average Bonchev–Trinajstić information content (AvgIpc) is 2.42. The number of piperidine rings is 2. The number of ether oxygens (including phenoxy) is 2. The molecule has 0 N–H and O–H groups in total. The number of amides is 2. The Hall–Kier alpha value is -1.46. The second-order valence-corrected chi connectivity index (χ2v) is 7.33. The quantitative estimate of drug-likeness (QED) is 0.747. The topological polar surface area (TPSA) is 59.1 Å². The third-order valence-electron chi connectivity index (χ3n) is 4.56. The summed E-state index contributed by atoms with van der Waals surface area (Å²) in [5.74, 6) is 0. The molecule has 2 bridgehead atoms. The summed E-state index contributed by atoms with van der Waals surface area (Å²) >= 11 is 0. The highest BCUT2D eigenvalue weighted by molar-refractivity contribution is 5.70. The molecule has 0 aromatic rings. The SMILES string of the molecule is COC(=O)N1[C@@H]2CCC[C@H]1C[C@H](N(C)C(=O)OC(C)(C)C)C2. The van der Waals surface area contributed by atoms with Gasteiger partial charge in [0, 0.05) is 25.2 Å². The Bertz CT molecular complexity index is 418. The Morgan fingerprint density at radius 2 is 1.68 bits per heavy atom. The largest absolute Gasteiger partial charge is 0.453 e. The number of methoxy groups -OCH3 is 1. The Morgan fingerprint density at radius 1 is 1.14 bits per heavy atom. The summed E-state index contributed by atoms with van der Waals surface area (Å²) in [5.41, 5.74) is -0.492. The molecule has 2 saturated heterocycles. The van der Waals surface area contributed by atoms with Crippen molar-refractivity contribution in [3.8, 4) is 0 Å². The van der Waals surface area contributed by atoms with Gasteiger partial charge in [-0.1, -0.05) is 0 Å². The van der Waals surface area contributed by atoms with Gasteiger partial charge in [0.15, 0.2) is 0 Å². The molecule has 0 spiro atoms. The summed E-state index contributed by atoms with van der Waals surface area (Å²) in [6, 6.07) is 0.440. The smallest absolute Gasteiger partial charge is 0.410 e. The lowest BCUT2D eigenvalue weighted by molar-refractivity contribution is -0.0144. The lowest BCUT2D eigenvalue weighted by atomic mass is 9.81. The van der Waals surface area contributed by atoms with E-state index in [1.54, 1.807) is 11.9 Å². The van der Waals surface area contributed by atoms with Crippen LogP contribution in [-0.2, 0) is 9.47 Å². The van der Waals surface area contributed by atoms with Gasteiger partial charge in [-0.15, -0.1) is 0 Å². The molecule has 0 aliphatic carbocycles. The van der Waals surface area contributed by atoms with Crippen LogP contribution in [0.15, 0.2) is 0 Å². The van der Waals surface area contributed by atoms with E-state index in [1.165, 1.54) is 7.11 Å². The van der Waals surface area contributed by atoms with Gasteiger partial charge in [-0.2, -0.15) is 0 Å². The highest BCUT2D eigenvalue weighted by Gasteiger charge is 2.43. The minimum atomic E-state index is -0.492. The summed E-state index contributed by atoms with van der Waals surface area (Å²) in [5, 5.41) is 0. The molecule has 2 aliphatic heterocycles. The highest BCUT2D eigenvalue weighted by Crippen LogP contribution is 2.36. The number of fused-ring (bicyclic) bond motifs is 2. The molecule has 2 fully saturated rings. The van der Waals surface area contributed by atoms with E-state index in [0.29, 0.717) is 0 Å². The normalized spacial score (nSPS) is 28.0. The zero-order valence-electron chi connectivity index (χ0n) is 14.3. The molecule has 0 radical (unpaired) electrons. The minimum absolute atomic E-state index is 0.117. The van der Waals surface area contributed by atoms with Crippen molar-refractivity contribution in [3.63, 3.8) is 0 Å². The molecule has 2 rings (SSSR count). The standard InChI is InChI=1S/C16H28N2O4/c1-16(2,3)22-14(19)17(4)13-9-11-7-6-8-12(10-13)18(11)15(20)21-5/h11-13H,6-10H2,1-5H3/t11-,12+,13-. The third-order valence-corrected chi connectivity index (χ3v) is 4.56. The summed E-state index contributed by atoms with van der Waals surface area (Å²) in [7, 11) is 3.22. The van der Waals surface area contributed by atoms with Crippen LogP contribution in [0.25, 0.3) is 0 Å². The fourth-order valence-electron chi connectivity index (χ4n) is 3.56. The fraction of sp³-hybridized carbons (Fsp3) is 0.875. The fourth-order valence-corrected chi connectivity index (χ4v) is 3.56. The van der Waals surface area contributed by atoms with Crippen LogP contribution in [0.4, 0.5) is 9.59 Å². The second-order valence-electron chi connectivity index (χ2n) is 7.33. The first-order chi connectivity index (χ1) is 10.2. The first-order valence-corrected chi connectivity index (χ1v) is 8.05. The van der Waals surface area contributed by atoms with E-state index in [2.05, 4.69) is 0 Å². The zero-order valence-corrected chi connectivity index (χ0v) is 14.3. The van der Waals surface area contributed by atoms with Crippen LogP contribution >= 0.6 is 0 Å². The van der Waals surface area contributed by atoms with Crippen molar-refractivity contribution in [3.05, 3.63) is 0 Å². The average molecular weight is 312 g/mol. The number of rotatable bonds is 1. The van der Waals surface area contributed by atoms with Gasteiger partial charge in [-0.25, -0.2) is 9.59 Å². The first kappa shape index (κ1) is 16.9. The molecule has 6 nitrogen and oxygen atoms in total. The van der Waals surface area contributed by atoms with Gasteiger partial charge >= 0.3 is 12.2 Å². The van der Waals surface area contributed by atoms with E-state index >= 15 is 0 Å². The van der Waals surface area contributed by atoms with E-state index in [4.69, 9.17) is 9.47 Å². The molecule has 2 amide bonds. The van der Waals surface area contributed by atoms with Crippen molar-refractivity contribution in [2.45, 2.75) is 76.6 Å². The molecule has 0 aromatic heterocycles. The van der Waals surface area contributed by atoms with Gasteiger partial charge in [0.1, 0.15) is 5.60 Å². The van der Waals surface area contributed by atoms with E-state index in [1.807, 2.05) is 25.7 Å². The maximum atomic E-state index is 12.2. The van der Waals surface area contributed by atoms with Crippen molar-refractivity contribution >= 4 is 12.2 Å². The summed E-state index contributed by atoms with van der Waals surface area (Å²) < 4.78 is 10.4. The van der Waals surface area contributed by atoms with Crippen molar-refractivity contribution in [1.29, 1.82) is 0 Å². The molecular formula is C16H28N2O4. The van der Waals surface area contributed by atoms with Gasteiger partial charge in [-0.05, 0) is 52.9 Å². The zero-order chi connectivity index (χ0) is 16.5. The second kappa shape index (κ2) is 6.34. The molecular weight excluding hydrogens is 284 g/mol. The van der Waals surface area contributed by atoms with Crippen LogP contribution in [0.1, 0.15) is 52.9 Å². The van der Waals surface area contributed by atoms with E-state index in [0.717, 1.165) is 32.1 Å². The van der Waals surface area contributed by atoms with Gasteiger partial charge < -0.3 is 19.3 Å². The van der Waals surface area contributed by atoms with Gasteiger partial charge in [0.25, 0.3) is 0 Å². The molecule has 0 unspecified atom stereocenters. The third kappa shape index (κ3) is 3.65. The molecule has 0 aromatic carbocycles. The maximum absolute atomic E-state index is 12.2. The van der Waals surface area contributed by atoms with Crippen molar-refractivity contribution < 1.29 is 19.1 Å². The van der Waals surface area contributed by atoms with E-state index in [9.17, 15) is 9.59 Å². The highest BCUT2D eigenvalue weighted by atomic mass is 16.6. The lowest BCUT2D eigenvalue weighted by Gasteiger charge is -2.49. The number of nitrogens with zero attached hydrogens (tertiary/aromatic N) is 2. The molecule has 22 heavy (non-hydrogen) atoms. The molecule has 6 heteroatoms. The summed E-state index contributed by atoms with van der Waals surface area (Å²) in [4.78, 5) is 27.8. The van der Waals surface area contributed by atoms with Crippen LogP contribution < -0.4 is 0 Å². The van der Waals surface area contributed by atoms with Crippen molar-refractivity contribution in [2.75, 3.05) is 14.2 Å². The maximum Gasteiger partial charge on any atom is 0.410 e. The Balaban J connectivity index is 2.04. The van der Waals surface area contributed by atoms with E-state index in [-0.39, 0.29) is 30.3 Å². The molecule has 3 atom stereocenters.